The molecule has 168 valence electrons. The van der Waals surface area contributed by atoms with E-state index in [9.17, 15) is 19.7 Å². The van der Waals surface area contributed by atoms with Gasteiger partial charge in [-0.1, -0.05) is 48.5 Å². The van der Waals surface area contributed by atoms with E-state index in [-0.39, 0.29) is 12.2 Å². The molecule has 0 unspecified atom stereocenters. The number of aryl methyl sites for hydroxylation is 2. The Morgan fingerprint density at radius 1 is 1.03 bits per heavy atom. The molecule has 2 amide bonds. The van der Waals surface area contributed by atoms with Crippen LogP contribution in [0.4, 0.5) is 10.5 Å². The SMILES string of the molecule is Cc1cc(/C=C2\SC(=O)N(Cc3ccccc3[N+](=O)[O-])C2=O)c(C)n1CCc1ccccc1. The number of carbonyl (C=O) groups excluding carboxylic acids is 2. The van der Waals surface area contributed by atoms with Crippen LogP contribution in [0.15, 0.2) is 65.6 Å². The molecule has 2 aromatic carbocycles. The minimum Gasteiger partial charge on any atom is -0.348 e. The lowest BCUT2D eigenvalue weighted by molar-refractivity contribution is -0.385. The highest BCUT2D eigenvalue weighted by Gasteiger charge is 2.36. The van der Waals surface area contributed by atoms with Crippen LogP contribution in [0.3, 0.4) is 0 Å². The van der Waals surface area contributed by atoms with Crippen LogP contribution in [0.1, 0.15) is 28.1 Å². The van der Waals surface area contributed by atoms with Crippen molar-refractivity contribution in [1.82, 2.24) is 9.47 Å². The van der Waals surface area contributed by atoms with E-state index in [4.69, 9.17) is 0 Å². The molecule has 0 radical (unpaired) electrons. The fraction of sp³-hybridized carbons (Fsp3) is 0.200. The van der Waals surface area contributed by atoms with Crippen molar-refractivity contribution in [2.24, 2.45) is 0 Å². The van der Waals surface area contributed by atoms with Gasteiger partial charge >= 0.3 is 0 Å². The summed E-state index contributed by atoms with van der Waals surface area (Å²) < 4.78 is 2.20. The number of rotatable bonds is 7. The lowest BCUT2D eigenvalue weighted by Gasteiger charge is -2.12. The highest BCUT2D eigenvalue weighted by molar-refractivity contribution is 8.18. The van der Waals surface area contributed by atoms with Crippen molar-refractivity contribution in [2.45, 2.75) is 33.4 Å². The van der Waals surface area contributed by atoms with Crippen molar-refractivity contribution >= 4 is 34.7 Å². The number of benzene rings is 2. The number of amides is 2. The van der Waals surface area contributed by atoms with Gasteiger partial charge in [0.1, 0.15) is 0 Å². The highest BCUT2D eigenvalue weighted by Crippen LogP contribution is 2.35. The molecule has 0 aliphatic carbocycles. The van der Waals surface area contributed by atoms with Gasteiger partial charge in [0.2, 0.25) is 0 Å². The Morgan fingerprint density at radius 3 is 2.45 bits per heavy atom. The van der Waals surface area contributed by atoms with Crippen molar-refractivity contribution in [3.05, 3.63) is 104 Å². The zero-order chi connectivity index (χ0) is 23.5. The third-order valence-corrected chi connectivity index (χ3v) is 6.66. The summed E-state index contributed by atoms with van der Waals surface area (Å²) in [7, 11) is 0. The molecule has 0 saturated carbocycles. The minimum atomic E-state index is -0.505. The summed E-state index contributed by atoms with van der Waals surface area (Å²) in [5.74, 6) is -0.433. The maximum atomic E-state index is 13.0. The van der Waals surface area contributed by atoms with Gasteiger partial charge in [0.25, 0.3) is 16.8 Å². The van der Waals surface area contributed by atoms with Crippen molar-refractivity contribution in [1.29, 1.82) is 0 Å². The second-order valence-corrected chi connectivity index (χ2v) is 8.86. The highest BCUT2D eigenvalue weighted by atomic mass is 32.2. The maximum Gasteiger partial charge on any atom is 0.293 e. The van der Waals surface area contributed by atoms with Gasteiger partial charge in [-0.05, 0) is 55.3 Å². The Morgan fingerprint density at radius 2 is 1.73 bits per heavy atom. The van der Waals surface area contributed by atoms with Gasteiger partial charge in [-0.2, -0.15) is 0 Å². The molecule has 0 spiro atoms. The van der Waals surface area contributed by atoms with Crippen molar-refractivity contribution < 1.29 is 14.5 Å². The van der Waals surface area contributed by atoms with E-state index in [0.717, 1.165) is 46.6 Å². The Hall–Kier alpha value is -3.65. The van der Waals surface area contributed by atoms with Gasteiger partial charge in [0, 0.05) is 29.6 Å². The number of hydrogen-bond donors (Lipinski definition) is 0. The summed E-state index contributed by atoms with van der Waals surface area (Å²) >= 11 is 0.864. The molecular weight excluding hydrogens is 438 g/mol. The van der Waals surface area contributed by atoms with Gasteiger partial charge in [0.15, 0.2) is 0 Å². The standard InChI is InChI=1S/C25H23N3O4S/c1-17-14-21(18(2)26(17)13-12-19-8-4-3-5-9-19)15-23-24(29)27(25(30)33-23)16-20-10-6-7-11-22(20)28(31)32/h3-11,14-15H,12-13,16H2,1-2H3/b23-15-. The molecule has 7 nitrogen and oxygen atoms in total. The smallest absolute Gasteiger partial charge is 0.293 e. The van der Waals surface area contributed by atoms with Gasteiger partial charge in [0.05, 0.1) is 16.4 Å². The molecular formula is C25H23N3O4S. The van der Waals surface area contributed by atoms with Crippen LogP contribution in [-0.2, 0) is 24.3 Å². The lowest BCUT2D eigenvalue weighted by Crippen LogP contribution is -2.27. The molecule has 1 fully saturated rings. The van der Waals surface area contributed by atoms with Crippen LogP contribution in [0.25, 0.3) is 6.08 Å². The number of hydrogen-bond acceptors (Lipinski definition) is 5. The number of para-hydroxylation sites is 1. The van der Waals surface area contributed by atoms with Crippen molar-refractivity contribution in [3.8, 4) is 0 Å². The molecule has 0 bridgehead atoms. The molecule has 0 atom stereocenters. The summed E-state index contributed by atoms with van der Waals surface area (Å²) in [6.07, 6.45) is 2.63. The number of imide groups is 1. The second kappa shape index (κ2) is 9.46. The third kappa shape index (κ3) is 4.75. The van der Waals surface area contributed by atoms with Gasteiger partial charge in [-0.3, -0.25) is 24.6 Å². The summed E-state index contributed by atoms with van der Waals surface area (Å²) in [6.45, 7) is 4.71. The molecule has 3 aromatic rings. The van der Waals surface area contributed by atoms with Crippen molar-refractivity contribution in [3.63, 3.8) is 0 Å². The van der Waals surface area contributed by atoms with E-state index in [1.54, 1.807) is 24.3 Å². The van der Waals surface area contributed by atoms with Gasteiger partial charge < -0.3 is 4.57 Å². The average molecular weight is 462 g/mol. The minimum absolute atomic E-state index is 0.109. The van der Waals surface area contributed by atoms with E-state index in [1.807, 2.05) is 38.1 Å². The Bertz CT molecular complexity index is 1260. The Kier molecular flexibility index (Phi) is 6.46. The van der Waals surface area contributed by atoms with Gasteiger partial charge in [-0.25, -0.2) is 0 Å². The summed E-state index contributed by atoms with van der Waals surface area (Å²) in [5.41, 5.74) is 4.45. The van der Waals surface area contributed by atoms with Crippen LogP contribution in [0.2, 0.25) is 0 Å². The first-order chi connectivity index (χ1) is 15.8. The zero-order valence-corrected chi connectivity index (χ0v) is 19.2. The number of nitro groups is 1. The molecule has 2 heterocycles. The molecule has 1 aliphatic rings. The van der Waals surface area contributed by atoms with Crippen LogP contribution in [0.5, 0.6) is 0 Å². The van der Waals surface area contributed by atoms with Crippen LogP contribution in [0, 0.1) is 24.0 Å². The first-order valence-corrected chi connectivity index (χ1v) is 11.3. The second-order valence-electron chi connectivity index (χ2n) is 7.87. The summed E-state index contributed by atoms with van der Waals surface area (Å²) in [5, 5.41) is 10.8. The molecule has 1 aromatic heterocycles. The average Bonchev–Trinajstić information content (AvgIpc) is 3.22. The molecule has 4 rings (SSSR count). The lowest BCUT2D eigenvalue weighted by atomic mass is 10.1. The third-order valence-electron chi connectivity index (χ3n) is 5.76. The van der Waals surface area contributed by atoms with E-state index < -0.39 is 16.1 Å². The molecule has 0 N–H and O–H groups in total. The van der Waals surface area contributed by atoms with Crippen LogP contribution >= 0.6 is 11.8 Å². The fourth-order valence-electron chi connectivity index (χ4n) is 3.97. The molecule has 1 aliphatic heterocycles. The predicted octanol–water partition coefficient (Wildman–Crippen LogP) is 5.49. The monoisotopic (exact) mass is 461 g/mol. The van der Waals surface area contributed by atoms with Crippen LogP contribution < -0.4 is 0 Å². The largest absolute Gasteiger partial charge is 0.348 e. The Labute approximate surface area is 195 Å². The van der Waals surface area contributed by atoms with E-state index in [0.29, 0.717) is 10.5 Å². The van der Waals surface area contributed by atoms with E-state index >= 15 is 0 Å². The number of carbonyl (C=O) groups is 2. The number of thioether (sulfide) groups is 1. The first kappa shape index (κ1) is 22.5. The predicted molar refractivity (Wildman–Crippen MR) is 129 cm³/mol. The van der Waals surface area contributed by atoms with Crippen molar-refractivity contribution in [2.75, 3.05) is 0 Å². The molecule has 8 heteroatoms. The number of aromatic nitrogens is 1. The van der Waals surface area contributed by atoms with E-state index in [1.165, 1.54) is 11.6 Å². The summed E-state index contributed by atoms with van der Waals surface area (Å²) in [6, 6.07) is 18.4. The zero-order valence-electron chi connectivity index (χ0n) is 18.4. The fourth-order valence-corrected chi connectivity index (χ4v) is 4.80. The molecule has 33 heavy (non-hydrogen) atoms. The molecule has 1 saturated heterocycles. The quantitative estimate of drug-likeness (QED) is 0.264. The first-order valence-electron chi connectivity index (χ1n) is 10.5. The summed E-state index contributed by atoms with van der Waals surface area (Å²) in [4.78, 5) is 37.7. The number of nitrogens with zero attached hydrogens (tertiary/aromatic N) is 3. The Balaban J connectivity index is 1.54. The topological polar surface area (TPSA) is 85.5 Å². The van der Waals surface area contributed by atoms with E-state index in [2.05, 4.69) is 16.7 Å². The maximum absolute atomic E-state index is 13.0. The normalized spacial score (nSPS) is 15.0. The van der Waals surface area contributed by atoms with Crippen LogP contribution in [-0.4, -0.2) is 25.5 Å². The van der Waals surface area contributed by atoms with Gasteiger partial charge in [-0.15, -0.1) is 0 Å². The number of nitro benzene ring substituents is 1.